The summed E-state index contributed by atoms with van der Waals surface area (Å²) in [6.07, 6.45) is 3.86. The van der Waals surface area contributed by atoms with Gasteiger partial charge in [-0.3, -0.25) is 4.99 Å². The highest BCUT2D eigenvalue weighted by atomic mass is 79.9. The lowest BCUT2D eigenvalue weighted by Gasteiger charge is -2.12. The number of rotatable bonds is 2. The lowest BCUT2D eigenvalue weighted by Crippen LogP contribution is -2.18. The third-order valence-corrected chi connectivity index (χ3v) is 3.08. The van der Waals surface area contributed by atoms with Gasteiger partial charge in [-0.2, -0.15) is 0 Å². The van der Waals surface area contributed by atoms with Crippen molar-refractivity contribution in [1.29, 1.82) is 0 Å². The summed E-state index contributed by atoms with van der Waals surface area (Å²) < 4.78 is 0.855. The van der Waals surface area contributed by atoms with Crippen molar-refractivity contribution in [1.82, 2.24) is 9.88 Å². The Morgan fingerprint density at radius 1 is 1.53 bits per heavy atom. The van der Waals surface area contributed by atoms with E-state index < -0.39 is 0 Å². The molecule has 0 radical (unpaired) electrons. The SMILES string of the molecule is CSC(=NCc1ccc(Br)nc1)N(C)C. The van der Waals surface area contributed by atoms with E-state index in [-0.39, 0.29) is 0 Å². The number of thioether (sulfide) groups is 1. The molecule has 1 aromatic heterocycles. The summed E-state index contributed by atoms with van der Waals surface area (Å²) >= 11 is 4.95. The summed E-state index contributed by atoms with van der Waals surface area (Å²) in [5.74, 6) is 0. The Morgan fingerprint density at radius 2 is 2.27 bits per heavy atom. The number of aliphatic imine (C=N–C) groups is 1. The monoisotopic (exact) mass is 287 g/mol. The zero-order valence-corrected chi connectivity index (χ0v) is 11.5. The molecule has 0 aliphatic heterocycles. The molecule has 0 saturated carbocycles. The van der Waals surface area contributed by atoms with Crippen LogP contribution in [0.5, 0.6) is 0 Å². The van der Waals surface area contributed by atoms with Crippen LogP contribution in [0.15, 0.2) is 27.9 Å². The van der Waals surface area contributed by atoms with Gasteiger partial charge >= 0.3 is 0 Å². The van der Waals surface area contributed by atoms with E-state index in [1.165, 1.54) is 0 Å². The van der Waals surface area contributed by atoms with Crippen molar-refractivity contribution in [2.75, 3.05) is 20.4 Å². The van der Waals surface area contributed by atoms with Crippen LogP contribution < -0.4 is 0 Å². The number of amidine groups is 1. The van der Waals surface area contributed by atoms with Crippen molar-refractivity contribution in [3.05, 3.63) is 28.5 Å². The molecule has 0 saturated heterocycles. The molecule has 0 unspecified atom stereocenters. The molecule has 82 valence electrons. The zero-order valence-electron chi connectivity index (χ0n) is 9.07. The van der Waals surface area contributed by atoms with E-state index in [2.05, 4.69) is 25.9 Å². The third kappa shape index (κ3) is 4.22. The van der Waals surface area contributed by atoms with Crippen LogP contribution in [0.3, 0.4) is 0 Å². The van der Waals surface area contributed by atoms with Gasteiger partial charge in [0, 0.05) is 20.3 Å². The Labute approximate surface area is 103 Å². The number of halogens is 1. The molecule has 0 aliphatic rings. The van der Waals surface area contributed by atoms with Crippen LogP contribution in [0, 0.1) is 0 Å². The van der Waals surface area contributed by atoms with E-state index in [1.54, 1.807) is 11.8 Å². The Hall–Kier alpha value is -0.550. The maximum Gasteiger partial charge on any atom is 0.158 e. The number of nitrogens with zero attached hydrogens (tertiary/aromatic N) is 3. The van der Waals surface area contributed by atoms with E-state index in [4.69, 9.17) is 0 Å². The predicted molar refractivity (Wildman–Crippen MR) is 70.3 cm³/mol. The maximum absolute atomic E-state index is 4.49. The molecule has 0 N–H and O–H groups in total. The van der Waals surface area contributed by atoms with Gasteiger partial charge in [0.15, 0.2) is 5.17 Å². The van der Waals surface area contributed by atoms with Crippen LogP contribution in [0.1, 0.15) is 5.56 Å². The summed E-state index contributed by atoms with van der Waals surface area (Å²) in [7, 11) is 3.99. The van der Waals surface area contributed by atoms with Crippen molar-refractivity contribution in [3.63, 3.8) is 0 Å². The van der Waals surface area contributed by atoms with Gasteiger partial charge in [-0.05, 0) is 33.8 Å². The molecule has 0 fully saturated rings. The van der Waals surface area contributed by atoms with Gasteiger partial charge in [-0.15, -0.1) is 0 Å². The summed E-state index contributed by atoms with van der Waals surface area (Å²) in [6.45, 7) is 0.675. The largest absolute Gasteiger partial charge is 0.358 e. The van der Waals surface area contributed by atoms with Gasteiger partial charge in [-0.1, -0.05) is 17.8 Å². The van der Waals surface area contributed by atoms with Gasteiger partial charge in [0.25, 0.3) is 0 Å². The van der Waals surface area contributed by atoms with Crippen LogP contribution in [0.2, 0.25) is 0 Å². The second-order valence-electron chi connectivity index (χ2n) is 3.19. The molecule has 0 amide bonds. The fourth-order valence-electron chi connectivity index (χ4n) is 1.05. The van der Waals surface area contributed by atoms with Crippen molar-refractivity contribution in [2.45, 2.75) is 6.54 Å². The molecule has 0 aliphatic carbocycles. The second-order valence-corrected chi connectivity index (χ2v) is 4.77. The summed E-state index contributed by atoms with van der Waals surface area (Å²) in [6, 6.07) is 3.95. The lowest BCUT2D eigenvalue weighted by molar-refractivity contribution is 0.632. The average molecular weight is 288 g/mol. The van der Waals surface area contributed by atoms with E-state index in [0.717, 1.165) is 15.3 Å². The minimum absolute atomic E-state index is 0.675. The minimum Gasteiger partial charge on any atom is -0.358 e. The molecule has 1 rings (SSSR count). The third-order valence-electron chi connectivity index (χ3n) is 1.75. The van der Waals surface area contributed by atoms with Gasteiger partial charge in [-0.25, -0.2) is 4.98 Å². The molecule has 3 nitrogen and oxygen atoms in total. The van der Waals surface area contributed by atoms with Crippen LogP contribution in [0.4, 0.5) is 0 Å². The fraction of sp³-hybridized carbons (Fsp3) is 0.400. The first-order valence-corrected chi connectivity index (χ1v) is 6.51. The van der Waals surface area contributed by atoms with E-state index in [0.29, 0.717) is 6.54 Å². The Balaban J connectivity index is 2.66. The van der Waals surface area contributed by atoms with Crippen LogP contribution in [-0.4, -0.2) is 35.4 Å². The van der Waals surface area contributed by atoms with Crippen molar-refractivity contribution < 1.29 is 0 Å². The quantitative estimate of drug-likeness (QED) is 0.476. The molecule has 15 heavy (non-hydrogen) atoms. The van der Waals surface area contributed by atoms with Crippen molar-refractivity contribution in [3.8, 4) is 0 Å². The number of hydrogen-bond donors (Lipinski definition) is 0. The number of pyridine rings is 1. The van der Waals surface area contributed by atoms with E-state index >= 15 is 0 Å². The minimum atomic E-state index is 0.675. The summed E-state index contributed by atoms with van der Waals surface area (Å²) in [5.41, 5.74) is 1.12. The normalized spacial score (nSPS) is 11.6. The van der Waals surface area contributed by atoms with E-state index in [9.17, 15) is 0 Å². The van der Waals surface area contributed by atoms with Crippen molar-refractivity contribution >= 4 is 32.9 Å². The molecule has 1 aromatic rings. The molecule has 0 bridgehead atoms. The number of aromatic nitrogens is 1. The fourth-order valence-corrected chi connectivity index (χ4v) is 1.84. The highest BCUT2D eigenvalue weighted by Crippen LogP contribution is 2.09. The van der Waals surface area contributed by atoms with E-state index in [1.807, 2.05) is 43.6 Å². The Kier molecular flexibility index (Phi) is 5.11. The molecule has 0 aromatic carbocycles. The first-order valence-electron chi connectivity index (χ1n) is 4.49. The smallest absolute Gasteiger partial charge is 0.158 e. The zero-order chi connectivity index (χ0) is 11.3. The Morgan fingerprint density at radius 3 is 2.73 bits per heavy atom. The molecule has 0 atom stereocenters. The first-order chi connectivity index (χ1) is 7.13. The molecule has 5 heteroatoms. The topological polar surface area (TPSA) is 28.5 Å². The standard InChI is InChI=1S/C10H14BrN3S/c1-14(2)10(15-3)13-7-8-4-5-9(11)12-6-8/h4-6H,7H2,1-3H3. The van der Waals surface area contributed by atoms with Crippen LogP contribution >= 0.6 is 27.7 Å². The highest BCUT2D eigenvalue weighted by molar-refractivity contribution is 9.10. The second kappa shape index (κ2) is 6.12. The van der Waals surface area contributed by atoms with Crippen LogP contribution in [-0.2, 0) is 6.54 Å². The lowest BCUT2D eigenvalue weighted by atomic mass is 10.3. The maximum atomic E-state index is 4.49. The molecule has 1 heterocycles. The Bertz CT molecular complexity index is 335. The number of hydrogen-bond acceptors (Lipinski definition) is 3. The first kappa shape index (κ1) is 12.5. The van der Waals surface area contributed by atoms with Gasteiger partial charge in [0.1, 0.15) is 4.60 Å². The summed E-state index contributed by atoms with van der Waals surface area (Å²) in [5, 5.41) is 1.03. The molecule has 0 spiro atoms. The average Bonchev–Trinajstić information content (AvgIpc) is 2.21. The predicted octanol–water partition coefficient (Wildman–Crippen LogP) is 2.62. The molecular weight excluding hydrogens is 274 g/mol. The van der Waals surface area contributed by atoms with Crippen molar-refractivity contribution in [2.24, 2.45) is 4.99 Å². The highest BCUT2D eigenvalue weighted by Gasteiger charge is 1.99. The van der Waals surface area contributed by atoms with Gasteiger partial charge in [0.2, 0.25) is 0 Å². The van der Waals surface area contributed by atoms with Crippen LogP contribution in [0.25, 0.3) is 0 Å². The summed E-state index contributed by atoms with van der Waals surface area (Å²) in [4.78, 5) is 10.7. The van der Waals surface area contributed by atoms with Gasteiger partial charge < -0.3 is 4.90 Å². The van der Waals surface area contributed by atoms with Gasteiger partial charge in [0.05, 0.1) is 6.54 Å². The molecular formula is C10H14BrN3S.